The van der Waals surface area contributed by atoms with Crippen molar-refractivity contribution in [3.63, 3.8) is 0 Å². The van der Waals surface area contributed by atoms with Crippen LogP contribution in [-0.4, -0.2) is 19.3 Å². The Bertz CT molecular complexity index is 808. The number of rotatable bonds is 4. The number of nitrogens with one attached hydrogen (secondary N) is 2. The Balaban J connectivity index is 2.15. The average molecular weight is 345 g/mol. The van der Waals surface area contributed by atoms with Crippen LogP contribution in [0.15, 0.2) is 53.6 Å². The molecule has 6 nitrogen and oxygen atoms in total. The molecule has 2 rings (SSSR count). The summed E-state index contributed by atoms with van der Waals surface area (Å²) in [5.41, 5.74) is 0.705. The van der Waals surface area contributed by atoms with Gasteiger partial charge >= 0.3 is 6.18 Å². The highest BCUT2D eigenvalue weighted by Gasteiger charge is 2.31. The Kier molecular flexibility index (Phi) is 4.66. The van der Waals surface area contributed by atoms with Gasteiger partial charge < -0.3 is 0 Å². The number of hydrogen-bond acceptors (Lipinski definition) is 4. The third-order valence-corrected chi connectivity index (χ3v) is 3.91. The molecule has 2 N–H and O–H groups in total. The molecule has 0 saturated heterocycles. The molecular weight excluding hydrogens is 335 g/mol. The van der Waals surface area contributed by atoms with Crippen LogP contribution in [0.5, 0.6) is 0 Å². The standard InChI is InChI=1S/C13H10F3N3O3S/c14-13(15,16)9-4-3-5-10(8-9)23(21,22)19-18-12(20)11-6-1-2-7-17-11/h1-8,19H,(H,18,20). The predicted molar refractivity (Wildman–Crippen MR) is 73.5 cm³/mol. The third kappa shape index (κ3) is 4.27. The van der Waals surface area contributed by atoms with Gasteiger partial charge in [0.25, 0.3) is 15.9 Å². The van der Waals surface area contributed by atoms with Gasteiger partial charge in [-0.15, -0.1) is 4.83 Å². The van der Waals surface area contributed by atoms with Crippen molar-refractivity contribution in [1.29, 1.82) is 0 Å². The van der Waals surface area contributed by atoms with E-state index in [-0.39, 0.29) is 5.69 Å². The van der Waals surface area contributed by atoms with E-state index in [1.54, 1.807) is 10.9 Å². The second-order valence-electron chi connectivity index (χ2n) is 4.30. The molecule has 0 radical (unpaired) electrons. The number of hydrogen-bond donors (Lipinski definition) is 2. The van der Waals surface area contributed by atoms with Crippen LogP contribution in [-0.2, 0) is 16.2 Å². The number of alkyl halides is 3. The lowest BCUT2D eigenvalue weighted by molar-refractivity contribution is -0.137. The van der Waals surface area contributed by atoms with Gasteiger partial charge in [-0.2, -0.15) is 13.2 Å². The van der Waals surface area contributed by atoms with Crippen molar-refractivity contribution in [2.24, 2.45) is 0 Å². The van der Waals surface area contributed by atoms with Crippen LogP contribution in [0.4, 0.5) is 13.2 Å². The lowest BCUT2D eigenvalue weighted by Crippen LogP contribution is -2.41. The molecule has 0 unspecified atom stereocenters. The van der Waals surface area contributed by atoms with Crippen LogP contribution < -0.4 is 10.3 Å². The molecule has 0 atom stereocenters. The first-order valence-corrected chi connectivity index (χ1v) is 7.59. The number of pyridine rings is 1. The van der Waals surface area contributed by atoms with E-state index >= 15 is 0 Å². The zero-order valence-electron chi connectivity index (χ0n) is 11.3. The SMILES string of the molecule is O=C(NNS(=O)(=O)c1cccc(C(F)(F)F)c1)c1ccccn1. The average Bonchev–Trinajstić information content (AvgIpc) is 2.53. The number of benzene rings is 1. The molecule has 10 heteroatoms. The van der Waals surface area contributed by atoms with E-state index in [4.69, 9.17) is 0 Å². The van der Waals surface area contributed by atoms with Crippen molar-refractivity contribution >= 4 is 15.9 Å². The van der Waals surface area contributed by atoms with Gasteiger partial charge in [0.05, 0.1) is 10.5 Å². The molecule has 0 aliphatic rings. The van der Waals surface area contributed by atoms with Crippen molar-refractivity contribution in [2.75, 3.05) is 0 Å². The number of halogens is 3. The molecule has 0 spiro atoms. The first-order chi connectivity index (χ1) is 10.7. The minimum absolute atomic E-state index is 0.0563. The summed E-state index contributed by atoms with van der Waals surface area (Å²) in [6.45, 7) is 0. The maximum Gasteiger partial charge on any atom is 0.416 e. The summed E-state index contributed by atoms with van der Waals surface area (Å²) in [5, 5.41) is 0. The third-order valence-electron chi connectivity index (χ3n) is 2.67. The van der Waals surface area contributed by atoms with Crippen molar-refractivity contribution in [3.05, 3.63) is 59.9 Å². The van der Waals surface area contributed by atoms with Gasteiger partial charge in [0.1, 0.15) is 5.69 Å². The number of aromatic nitrogens is 1. The number of hydrazine groups is 1. The predicted octanol–water partition coefficient (Wildman–Crippen LogP) is 1.72. The van der Waals surface area contributed by atoms with Crippen molar-refractivity contribution < 1.29 is 26.4 Å². The molecule has 1 aromatic carbocycles. The monoisotopic (exact) mass is 345 g/mol. The lowest BCUT2D eigenvalue weighted by Gasteiger charge is -2.10. The fourth-order valence-electron chi connectivity index (χ4n) is 1.57. The molecule has 0 fully saturated rings. The molecule has 1 aromatic heterocycles. The molecule has 23 heavy (non-hydrogen) atoms. The Hall–Kier alpha value is -2.46. The molecular formula is C13H10F3N3O3S. The van der Waals surface area contributed by atoms with E-state index in [2.05, 4.69) is 4.98 Å². The molecule has 1 amide bonds. The van der Waals surface area contributed by atoms with Crippen molar-refractivity contribution in [3.8, 4) is 0 Å². The van der Waals surface area contributed by atoms with Gasteiger partial charge in [0.15, 0.2) is 0 Å². The summed E-state index contributed by atoms with van der Waals surface area (Å²) in [7, 11) is -4.36. The number of nitrogens with zero attached hydrogens (tertiary/aromatic N) is 1. The summed E-state index contributed by atoms with van der Waals surface area (Å²) in [5.74, 6) is -0.846. The molecule has 1 heterocycles. The Morgan fingerprint density at radius 2 is 1.83 bits per heavy atom. The summed E-state index contributed by atoms with van der Waals surface area (Å²) in [6.07, 6.45) is -3.35. The van der Waals surface area contributed by atoms with Crippen LogP contribution in [0.3, 0.4) is 0 Å². The van der Waals surface area contributed by atoms with E-state index in [9.17, 15) is 26.4 Å². The van der Waals surface area contributed by atoms with E-state index in [0.717, 1.165) is 18.2 Å². The first-order valence-electron chi connectivity index (χ1n) is 6.10. The fourth-order valence-corrected chi connectivity index (χ4v) is 2.46. The van der Waals surface area contributed by atoms with Gasteiger partial charge in [-0.3, -0.25) is 15.2 Å². The Morgan fingerprint density at radius 1 is 1.09 bits per heavy atom. The normalized spacial score (nSPS) is 12.0. The highest BCUT2D eigenvalue weighted by molar-refractivity contribution is 7.89. The highest BCUT2D eigenvalue weighted by atomic mass is 32.2. The molecule has 0 aliphatic carbocycles. The summed E-state index contributed by atoms with van der Waals surface area (Å²) >= 11 is 0. The second-order valence-corrected chi connectivity index (χ2v) is 5.98. The smallest absolute Gasteiger partial charge is 0.272 e. The maximum atomic E-state index is 12.6. The van der Waals surface area contributed by atoms with Gasteiger partial charge in [-0.25, -0.2) is 8.42 Å². The largest absolute Gasteiger partial charge is 0.416 e. The van der Waals surface area contributed by atoms with Crippen LogP contribution in [0.1, 0.15) is 16.1 Å². The van der Waals surface area contributed by atoms with Crippen LogP contribution in [0.25, 0.3) is 0 Å². The second kappa shape index (κ2) is 6.34. The van der Waals surface area contributed by atoms with Gasteiger partial charge in [0.2, 0.25) is 0 Å². The van der Waals surface area contributed by atoms with E-state index in [0.29, 0.717) is 6.07 Å². The van der Waals surface area contributed by atoms with Crippen molar-refractivity contribution in [2.45, 2.75) is 11.1 Å². The number of carbonyl (C=O) groups is 1. The maximum absolute atomic E-state index is 12.6. The first kappa shape index (κ1) is 16.9. The van der Waals surface area contributed by atoms with E-state index < -0.39 is 32.6 Å². The van der Waals surface area contributed by atoms with Gasteiger partial charge in [0, 0.05) is 6.20 Å². The number of sulfonamides is 1. The number of amides is 1. The quantitative estimate of drug-likeness (QED) is 0.826. The Morgan fingerprint density at radius 3 is 2.43 bits per heavy atom. The minimum atomic E-state index is -4.68. The Labute approximate surface area is 129 Å². The lowest BCUT2D eigenvalue weighted by atomic mass is 10.2. The van der Waals surface area contributed by atoms with Crippen LogP contribution in [0, 0.1) is 0 Å². The highest BCUT2D eigenvalue weighted by Crippen LogP contribution is 2.30. The zero-order chi connectivity index (χ0) is 17.1. The molecule has 0 saturated carbocycles. The van der Waals surface area contributed by atoms with Crippen LogP contribution in [0.2, 0.25) is 0 Å². The van der Waals surface area contributed by atoms with Gasteiger partial charge in [-0.05, 0) is 30.3 Å². The van der Waals surface area contributed by atoms with Crippen molar-refractivity contribution in [1.82, 2.24) is 15.2 Å². The summed E-state index contributed by atoms with van der Waals surface area (Å²) in [4.78, 5) is 16.5. The summed E-state index contributed by atoms with van der Waals surface area (Å²) in [6, 6.07) is 7.56. The zero-order valence-corrected chi connectivity index (χ0v) is 12.1. The van der Waals surface area contributed by atoms with Crippen LogP contribution >= 0.6 is 0 Å². The summed E-state index contributed by atoms with van der Waals surface area (Å²) < 4.78 is 61.7. The molecule has 122 valence electrons. The van der Waals surface area contributed by atoms with E-state index in [1.807, 2.05) is 5.43 Å². The fraction of sp³-hybridized carbons (Fsp3) is 0.0769. The molecule has 0 bridgehead atoms. The van der Waals surface area contributed by atoms with E-state index in [1.165, 1.54) is 18.3 Å². The minimum Gasteiger partial charge on any atom is -0.272 e. The molecule has 0 aliphatic heterocycles. The molecule has 2 aromatic rings. The topological polar surface area (TPSA) is 88.2 Å². The van der Waals surface area contributed by atoms with Gasteiger partial charge in [-0.1, -0.05) is 12.1 Å². The number of carbonyl (C=O) groups excluding carboxylic acids is 1.